The Kier molecular flexibility index (Phi) is 5.15. The Hall–Kier alpha value is -2.69. The third kappa shape index (κ3) is 4.19. The number of piperazine rings is 1. The van der Waals surface area contributed by atoms with Crippen LogP contribution in [-0.4, -0.2) is 64.6 Å². The van der Waals surface area contributed by atoms with Crippen LogP contribution in [0, 0.1) is 0 Å². The second-order valence-corrected chi connectivity index (χ2v) is 7.34. The molecule has 8 nitrogen and oxygen atoms in total. The molecular formula is C18H22F3N7O. The number of alkyl halides is 3. The molecule has 0 unspecified atom stereocenters. The van der Waals surface area contributed by atoms with E-state index >= 15 is 0 Å². The molecule has 2 aromatic heterocycles. The molecule has 156 valence electrons. The normalized spacial score (nSPS) is 18.1. The van der Waals surface area contributed by atoms with Gasteiger partial charge in [-0.15, -0.1) is 0 Å². The third-order valence-corrected chi connectivity index (χ3v) is 5.30. The number of nitrogens with zero attached hydrogens (tertiary/aromatic N) is 6. The van der Waals surface area contributed by atoms with Gasteiger partial charge < -0.3 is 9.80 Å². The van der Waals surface area contributed by atoms with Crippen molar-refractivity contribution < 1.29 is 13.2 Å². The summed E-state index contributed by atoms with van der Waals surface area (Å²) in [5.41, 5.74) is -0.305. The van der Waals surface area contributed by atoms with Gasteiger partial charge in [0.05, 0.1) is 12.1 Å². The Morgan fingerprint density at radius 1 is 1.14 bits per heavy atom. The Balaban J connectivity index is 1.42. The minimum absolute atomic E-state index is 0.101. The van der Waals surface area contributed by atoms with Gasteiger partial charge in [-0.2, -0.15) is 18.2 Å². The van der Waals surface area contributed by atoms with Gasteiger partial charge in [0.1, 0.15) is 17.3 Å². The predicted molar refractivity (Wildman–Crippen MR) is 101 cm³/mol. The maximum absolute atomic E-state index is 12.8. The van der Waals surface area contributed by atoms with E-state index in [4.69, 9.17) is 0 Å². The highest BCUT2D eigenvalue weighted by molar-refractivity contribution is 5.51. The predicted octanol–water partition coefficient (Wildman–Crippen LogP) is 1.28. The first kappa shape index (κ1) is 19.6. The molecule has 0 aromatic carbocycles. The van der Waals surface area contributed by atoms with E-state index in [1.807, 2.05) is 21.7 Å². The number of hydrogen-bond acceptors (Lipinski definition) is 7. The quantitative estimate of drug-likeness (QED) is 0.818. The molecule has 0 saturated carbocycles. The van der Waals surface area contributed by atoms with Gasteiger partial charge in [0.15, 0.2) is 0 Å². The number of halogens is 3. The molecular weight excluding hydrogens is 387 g/mol. The zero-order valence-corrected chi connectivity index (χ0v) is 16.0. The third-order valence-electron chi connectivity index (χ3n) is 5.30. The first-order valence-electron chi connectivity index (χ1n) is 9.52. The van der Waals surface area contributed by atoms with Gasteiger partial charge in [-0.1, -0.05) is 0 Å². The second kappa shape index (κ2) is 7.62. The van der Waals surface area contributed by atoms with E-state index in [1.54, 1.807) is 0 Å². The van der Waals surface area contributed by atoms with Crippen LogP contribution < -0.4 is 15.4 Å². The van der Waals surface area contributed by atoms with Crippen molar-refractivity contribution in [3.8, 4) is 0 Å². The highest BCUT2D eigenvalue weighted by atomic mass is 19.4. The van der Waals surface area contributed by atoms with Gasteiger partial charge >= 0.3 is 6.18 Å². The molecule has 0 aliphatic carbocycles. The highest BCUT2D eigenvalue weighted by Crippen LogP contribution is 2.27. The van der Waals surface area contributed by atoms with Crippen molar-refractivity contribution >= 4 is 11.8 Å². The molecule has 4 rings (SSSR count). The summed E-state index contributed by atoms with van der Waals surface area (Å²) in [6, 6.07) is 0.872. The summed E-state index contributed by atoms with van der Waals surface area (Å²) in [6.45, 7) is 3.53. The van der Waals surface area contributed by atoms with Crippen molar-refractivity contribution in [3.63, 3.8) is 0 Å². The lowest BCUT2D eigenvalue weighted by Crippen LogP contribution is -2.47. The zero-order valence-electron chi connectivity index (χ0n) is 16.0. The second-order valence-electron chi connectivity index (χ2n) is 7.34. The van der Waals surface area contributed by atoms with E-state index < -0.39 is 11.9 Å². The van der Waals surface area contributed by atoms with Crippen molar-refractivity contribution in [3.05, 3.63) is 39.7 Å². The lowest BCUT2D eigenvalue weighted by molar-refractivity contribution is -0.141. The molecule has 0 atom stereocenters. The summed E-state index contributed by atoms with van der Waals surface area (Å²) >= 11 is 0. The van der Waals surface area contributed by atoms with E-state index in [9.17, 15) is 18.0 Å². The topological polar surface area (TPSA) is 81.2 Å². The summed E-state index contributed by atoms with van der Waals surface area (Å²) in [5.74, 6) is 1.42. The Bertz CT molecular complexity index is 938. The summed E-state index contributed by atoms with van der Waals surface area (Å²) in [6.07, 6.45) is -1.68. The fourth-order valence-electron chi connectivity index (χ4n) is 3.71. The number of fused-ring (bicyclic) bond motifs is 1. The average molecular weight is 409 g/mol. The summed E-state index contributed by atoms with van der Waals surface area (Å²) in [7, 11) is 1.93. The summed E-state index contributed by atoms with van der Waals surface area (Å²) < 4.78 is 38.4. The fraction of sp³-hybridized carbons (Fsp3) is 0.556. The largest absolute Gasteiger partial charge is 0.433 e. The van der Waals surface area contributed by atoms with E-state index in [1.165, 1.54) is 0 Å². The molecule has 4 heterocycles. The highest BCUT2D eigenvalue weighted by Gasteiger charge is 2.33. The maximum Gasteiger partial charge on any atom is 0.433 e. The molecule has 0 amide bonds. The van der Waals surface area contributed by atoms with Crippen LogP contribution in [0.3, 0.4) is 0 Å². The number of anilines is 2. The summed E-state index contributed by atoms with van der Waals surface area (Å²) in [5, 5.41) is 0. The maximum atomic E-state index is 12.8. The first-order valence-corrected chi connectivity index (χ1v) is 9.52. The van der Waals surface area contributed by atoms with Crippen LogP contribution in [0.25, 0.3) is 0 Å². The molecule has 0 radical (unpaired) electrons. The standard InChI is InChI=1S/C18H22F3N7O/c1-26-6-2-3-12-15(26)24-17(25-16(12)29)28-9-7-27(8-10-28)11-14-22-5-4-13(23-14)18(19,20)21/h4-5H,2-3,6-11H2,1H3,(H,24,25,29). The molecule has 11 heteroatoms. The molecule has 0 spiro atoms. The van der Waals surface area contributed by atoms with E-state index in [-0.39, 0.29) is 17.9 Å². The lowest BCUT2D eigenvalue weighted by atomic mass is 10.1. The van der Waals surface area contributed by atoms with Crippen LogP contribution in [0.5, 0.6) is 0 Å². The Morgan fingerprint density at radius 2 is 1.90 bits per heavy atom. The van der Waals surface area contributed by atoms with Gasteiger partial charge in [-0.05, 0) is 18.9 Å². The molecule has 1 saturated heterocycles. The van der Waals surface area contributed by atoms with Gasteiger partial charge in [-0.25, -0.2) is 9.97 Å². The van der Waals surface area contributed by atoms with Crippen molar-refractivity contribution in [2.24, 2.45) is 0 Å². The molecule has 0 bridgehead atoms. The number of H-pyrrole nitrogens is 1. The SMILES string of the molecule is CN1CCCc2c1nc(N1CCN(Cc3nccc(C(F)(F)F)n3)CC1)[nH]c2=O. The number of hydrogen-bond donors (Lipinski definition) is 1. The van der Waals surface area contributed by atoms with Crippen molar-refractivity contribution in [2.45, 2.75) is 25.6 Å². The Labute approximate surface area is 165 Å². The lowest BCUT2D eigenvalue weighted by Gasteiger charge is -2.35. The fourth-order valence-corrected chi connectivity index (χ4v) is 3.71. The number of nitrogens with one attached hydrogen (secondary N) is 1. The molecule has 1 fully saturated rings. The number of aromatic nitrogens is 4. The van der Waals surface area contributed by atoms with Crippen molar-refractivity contribution in [2.75, 3.05) is 49.6 Å². The van der Waals surface area contributed by atoms with Gasteiger partial charge in [0.2, 0.25) is 5.95 Å². The molecule has 2 aliphatic heterocycles. The molecule has 2 aromatic rings. The minimum atomic E-state index is -4.48. The van der Waals surface area contributed by atoms with Crippen LogP contribution in [0.15, 0.2) is 17.1 Å². The van der Waals surface area contributed by atoms with Crippen LogP contribution in [0.2, 0.25) is 0 Å². The number of rotatable bonds is 3. The van der Waals surface area contributed by atoms with Crippen molar-refractivity contribution in [1.82, 2.24) is 24.8 Å². The van der Waals surface area contributed by atoms with Crippen LogP contribution in [0.1, 0.15) is 23.5 Å². The average Bonchev–Trinajstić information content (AvgIpc) is 2.69. The van der Waals surface area contributed by atoms with Gasteiger partial charge in [0.25, 0.3) is 5.56 Å². The Morgan fingerprint density at radius 3 is 2.62 bits per heavy atom. The van der Waals surface area contributed by atoms with E-state index in [0.717, 1.165) is 43.0 Å². The van der Waals surface area contributed by atoms with E-state index in [0.29, 0.717) is 32.1 Å². The van der Waals surface area contributed by atoms with Crippen molar-refractivity contribution in [1.29, 1.82) is 0 Å². The van der Waals surface area contributed by atoms with Crippen LogP contribution in [-0.2, 0) is 19.1 Å². The smallest absolute Gasteiger partial charge is 0.359 e. The monoisotopic (exact) mass is 409 g/mol. The number of aromatic amines is 1. The minimum Gasteiger partial charge on any atom is -0.359 e. The zero-order chi connectivity index (χ0) is 20.6. The molecule has 29 heavy (non-hydrogen) atoms. The molecule has 2 aliphatic rings. The van der Waals surface area contributed by atoms with Crippen LogP contribution in [0.4, 0.5) is 24.9 Å². The van der Waals surface area contributed by atoms with Gasteiger partial charge in [0, 0.05) is 46.0 Å². The molecule has 1 N–H and O–H groups in total. The first-order chi connectivity index (χ1) is 13.8. The van der Waals surface area contributed by atoms with E-state index in [2.05, 4.69) is 19.9 Å². The van der Waals surface area contributed by atoms with Crippen LogP contribution >= 0.6 is 0 Å². The summed E-state index contributed by atoms with van der Waals surface area (Å²) in [4.78, 5) is 33.5. The van der Waals surface area contributed by atoms with Gasteiger partial charge in [-0.3, -0.25) is 14.7 Å².